The number of carbonyl (C=O) groups is 1. The second-order valence-corrected chi connectivity index (χ2v) is 6.85. The minimum atomic E-state index is -4.72. The van der Waals surface area contributed by atoms with Crippen molar-refractivity contribution in [2.24, 2.45) is 17.8 Å². The second kappa shape index (κ2) is 8.73. The van der Waals surface area contributed by atoms with Gasteiger partial charge in [0.2, 0.25) is 0 Å². The fraction of sp³-hybridized carbons (Fsp3) is 0.143. The molecule has 0 aliphatic rings. The number of aliphatic imine (C=N–C) groups is 1. The van der Waals surface area contributed by atoms with Crippen molar-refractivity contribution in [1.29, 1.82) is 0 Å². The van der Waals surface area contributed by atoms with E-state index in [2.05, 4.69) is 4.99 Å². The van der Waals surface area contributed by atoms with Gasteiger partial charge in [-0.1, -0.05) is 11.6 Å². The van der Waals surface area contributed by atoms with Crippen LogP contribution in [0.15, 0.2) is 59.7 Å². The van der Waals surface area contributed by atoms with Crippen molar-refractivity contribution in [3.63, 3.8) is 0 Å². The van der Waals surface area contributed by atoms with Gasteiger partial charge in [-0.25, -0.2) is 4.79 Å². The quantitative estimate of drug-likeness (QED) is 0.337. The summed E-state index contributed by atoms with van der Waals surface area (Å²) in [4.78, 5) is 16.2. The summed E-state index contributed by atoms with van der Waals surface area (Å²) in [6.45, 7) is 0. The fourth-order valence-electron chi connectivity index (χ4n) is 2.91. The van der Waals surface area contributed by atoms with Crippen LogP contribution in [0.4, 0.5) is 18.9 Å². The van der Waals surface area contributed by atoms with Crippen LogP contribution in [-0.4, -0.2) is 23.7 Å². The Bertz CT molecular complexity index is 1140. The molecule has 1 heterocycles. The number of ether oxygens (including phenoxy) is 2. The van der Waals surface area contributed by atoms with Crippen molar-refractivity contribution in [3.05, 3.63) is 70.9 Å². The highest BCUT2D eigenvalue weighted by Gasteiger charge is 2.36. The Hall–Kier alpha value is -3.46. The van der Waals surface area contributed by atoms with Gasteiger partial charge in [0, 0.05) is 29.5 Å². The van der Waals surface area contributed by atoms with Crippen LogP contribution in [0.5, 0.6) is 5.75 Å². The van der Waals surface area contributed by atoms with Crippen LogP contribution in [0.3, 0.4) is 0 Å². The Labute approximate surface area is 180 Å². The zero-order chi connectivity index (χ0) is 22.8. The van der Waals surface area contributed by atoms with Crippen LogP contribution in [-0.2, 0) is 18.0 Å². The number of hydrogen-bond donors (Lipinski definition) is 1. The topological polar surface area (TPSA) is 78.8 Å². The predicted molar refractivity (Wildman–Crippen MR) is 111 cm³/mol. The molecule has 0 bridgehead atoms. The van der Waals surface area contributed by atoms with E-state index in [4.69, 9.17) is 26.8 Å². The molecular weight excluding hydrogens is 435 g/mol. The van der Waals surface area contributed by atoms with Gasteiger partial charge in [-0.3, -0.25) is 0 Å². The number of alkyl halides is 3. The normalized spacial score (nSPS) is 12.0. The van der Waals surface area contributed by atoms with Gasteiger partial charge in [0.25, 0.3) is 6.02 Å². The molecule has 0 fully saturated rings. The predicted octanol–water partition coefficient (Wildman–Crippen LogP) is 5.18. The molecule has 0 unspecified atom stereocenters. The van der Waals surface area contributed by atoms with Crippen molar-refractivity contribution in [2.75, 3.05) is 7.11 Å². The van der Waals surface area contributed by atoms with Crippen molar-refractivity contribution in [1.82, 2.24) is 4.57 Å². The number of hydrogen-bond acceptors (Lipinski definition) is 4. The van der Waals surface area contributed by atoms with Crippen LogP contribution in [0, 0.1) is 0 Å². The Morgan fingerprint density at radius 3 is 2.39 bits per heavy atom. The molecule has 6 nitrogen and oxygen atoms in total. The molecule has 0 radical (unpaired) electrons. The van der Waals surface area contributed by atoms with E-state index in [1.54, 1.807) is 31.4 Å². The van der Waals surface area contributed by atoms with E-state index in [0.717, 1.165) is 19.2 Å². The first-order chi connectivity index (χ1) is 14.6. The number of carbonyl (C=O) groups excluding carboxylic acids is 1. The third-order valence-electron chi connectivity index (χ3n) is 4.33. The second-order valence-electron chi connectivity index (χ2n) is 6.41. The van der Waals surface area contributed by atoms with E-state index in [0.29, 0.717) is 5.02 Å². The molecule has 3 rings (SSSR count). The fourth-order valence-corrected chi connectivity index (χ4v) is 3.03. The van der Waals surface area contributed by atoms with E-state index in [1.807, 2.05) is 0 Å². The number of halogens is 4. The van der Waals surface area contributed by atoms with Gasteiger partial charge in [0.05, 0.1) is 23.9 Å². The summed E-state index contributed by atoms with van der Waals surface area (Å²) in [5.74, 6) is -0.607. The van der Waals surface area contributed by atoms with Crippen molar-refractivity contribution >= 4 is 29.3 Å². The molecule has 3 aromatic rings. The number of aromatic nitrogens is 1. The highest BCUT2D eigenvalue weighted by atomic mass is 35.5. The maximum atomic E-state index is 13.8. The molecule has 31 heavy (non-hydrogen) atoms. The van der Waals surface area contributed by atoms with Crippen LogP contribution in [0.1, 0.15) is 15.9 Å². The monoisotopic (exact) mass is 451 g/mol. The molecule has 0 saturated carbocycles. The molecule has 10 heteroatoms. The number of benzene rings is 2. The first-order valence-electron chi connectivity index (χ1n) is 8.83. The van der Waals surface area contributed by atoms with Gasteiger partial charge in [0.1, 0.15) is 5.75 Å². The summed E-state index contributed by atoms with van der Waals surface area (Å²) in [6.07, 6.45) is -3.12. The maximum absolute atomic E-state index is 13.8. The largest absolute Gasteiger partial charge is 0.465 e. The molecule has 0 aliphatic heterocycles. The van der Waals surface area contributed by atoms with Crippen molar-refractivity contribution in [3.8, 4) is 17.0 Å². The molecule has 2 N–H and O–H groups in total. The van der Waals surface area contributed by atoms with Gasteiger partial charge in [-0.05, 0) is 48.5 Å². The van der Waals surface area contributed by atoms with E-state index in [9.17, 15) is 18.0 Å². The summed E-state index contributed by atoms with van der Waals surface area (Å²) in [5, 5.41) is 0.460. The first kappa shape index (κ1) is 22.2. The molecular formula is C21H17ClF3N3O3. The third kappa shape index (κ3) is 5.00. The number of methoxy groups -OCH3 is 1. The van der Waals surface area contributed by atoms with Gasteiger partial charge >= 0.3 is 12.1 Å². The Morgan fingerprint density at radius 1 is 1.16 bits per heavy atom. The molecule has 0 spiro atoms. The zero-order valence-electron chi connectivity index (χ0n) is 16.4. The lowest BCUT2D eigenvalue weighted by molar-refractivity contribution is -0.137. The lowest BCUT2D eigenvalue weighted by atomic mass is 9.98. The van der Waals surface area contributed by atoms with Crippen LogP contribution >= 0.6 is 11.6 Å². The summed E-state index contributed by atoms with van der Waals surface area (Å²) in [5.41, 5.74) is 4.29. The van der Waals surface area contributed by atoms with E-state index in [1.165, 1.54) is 22.8 Å². The SMILES string of the molecule is COC(=O)c1cc(-c2cccn2C)c(C(F)(F)F)cc1N=C(N)Oc1ccc(Cl)cc1. The summed E-state index contributed by atoms with van der Waals surface area (Å²) >= 11 is 5.80. The number of nitrogens with zero attached hydrogens (tertiary/aromatic N) is 2. The third-order valence-corrected chi connectivity index (χ3v) is 4.58. The van der Waals surface area contributed by atoms with E-state index >= 15 is 0 Å². The van der Waals surface area contributed by atoms with Crippen molar-refractivity contribution < 1.29 is 27.4 Å². The van der Waals surface area contributed by atoms with E-state index < -0.39 is 23.7 Å². The average molecular weight is 452 g/mol. The van der Waals surface area contributed by atoms with Crippen molar-refractivity contribution in [2.45, 2.75) is 6.18 Å². The van der Waals surface area contributed by atoms with Gasteiger partial charge in [-0.15, -0.1) is 0 Å². The molecule has 0 amide bonds. The lowest BCUT2D eigenvalue weighted by Crippen LogP contribution is -2.20. The summed E-state index contributed by atoms with van der Waals surface area (Å²) < 4.78 is 53.1. The summed E-state index contributed by atoms with van der Waals surface area (Å²) in [7, 11) is 2.71. The molecule has 1 aromatic heterocycles. The number of rotatable bonds is 4. The van der Waals surface area contributed by atoms with Crippen LogP contribution in [0.2, 0.25) is 5.02 Å². The van der Waals surface area contributed by atoms with Gasteiger partial charge < -0.3 is 19.8 Å². The average Bonchev–Trinajstić information content (AvgIpc) is 3.14. The number of aryl methyl sites for hydroxylation is 1. The number of nitrogens with two attached hydrogens (primary N) is 1. The minimum Gasteiger partial charge on any atom is -0.465 e. The molecule has 0 atom stereocenters. The smallest absolute Gasteiger partial charge is 0.417 e. The summed E-state index contributed by atoms with van der Waals surface area (Å²) in [6, 6.07) is 10.6. The Balaban J connectivity index is 2.15. The molecule has 2 aromatic carbocycles. The highest BCUT2D eigenvalue weighted by molar-refractivity contribution is 6.30. The number of amidine groups is 1. The zero-order valence-corrected chi connectivity index (χ0v) is 17.2. The molecule has 0 aliphatic carbocycles. The standard InChI is InChI=1S/C21H17ClF3N3O3/c1-28-9-3-4-18(28)14-10-15(19(29)30-2)17(11-16(14)21(23,24)25)27-20(26)31-13-7-5-12(22)6-8-13/h3-11H,1-2H3,(H2,26,27). The Kier molecular flexibility index (Phi) is 6.26. The minimum absolute atomic E-state index is 0.198. The molecule has 0 saturated heterocycles. The highest BCUT2D eigenvalue weighted by Crippen LogP contribution is 2.41. The van der Waals surface area contributed by atoms with Gasteiger partial charge in [0.15, 0.2) is 0 Å². The first-order valence-corrected chi connectivity index (χ1v) is 9.20. The van der Waals surface area contributed by atoms with E-state index in [-0.39, 0.29) is 28.3 Å². The van der Waals surface area contributed by atoms with Crippen LogP contribution in [0.25, 0.3) is 11.3 Å². The Morgan fingerprint density at radius 2 is 1.84 bits per heavy atom. The lowest BCUT2D eigenvalue weighted by Gasteiger charge is -2.17. The van der Waals surface area contributed by atoms with Gasteiger partial charge in [-0.2, -0.15) is 18.2 Å². The maximum Gasteiger partial charge on any atom is 0.417 e. The van der Waals surface area contributed by atoms with Crippen LogP contribution < -0.4 is 10.5 Å². The molecule has 162 valence electrons. The number of esters is 1.